The Bertz CT molecular complexity index is 1110. The number of hydrogen-bond acceptors (Lipinski definition) is 4. The van der Waals surface area contributed by atoms with Crippen LogP contribution in [0.5, 0.6) is 0 Å². The molecule has 0 unspecified atom stereocenters. The normalized spacial score (nSPS) is 13.8. The number of nitrogens with one attached hydrogen (secondary N) is 1. The summed E-state index contributed by atoms with van der Waals surface area (Å²) >= 11 is 1.29. The first-order chi connectivity index (χ1) is 14.8. The number of amides is 2. The Balaban J connectivity index is 1.61. The van der Waals surface area contributed by atoms with Gasteiger partial charge in [-0.25, -0.2) is 0 Å². The Morgan fingerprint density at radius 1 is 1.13 bits per heavy atom. The van der Waals surface area contributed by atoms with E-state index in [0.29, 0.717) is 17.0 Å². The van der Waals surface area contributed by atoms with Gasteiger partial charge in [-0.2, -0.15) is 13.2 Å². The van der Waals surface area contributed by atoms with Crippen molar-refractivity contribution in [3.8, 4) is 0 Å². The second-order valence-corrected chi connectivity index (χ2v) is 7.89. The van der Waals surface area contributed by atoms with Crippen LogP contribution in [-0.2, 0) is 24.1 Å². The highest BCUT2D eigenvalue weighted by atomic mass is 32.2. The monoisotopic (exact) mass is 446 g/mol. The molecular weight excluding hydrogens is 429 g/mol. The molecular formula is C22H17F3N2O3S. The van der Waals surface area contributed by atoms with Crippen molar-refractivity contribution in [2.24, 2.45) is 0 Å². The van der Waals surface area contributed by atoms with Crippen molar-refractivity contribution < 1.29 is 27.2 Å². The minimum absolute atomic E-state index is 0.00567. The highest BCUT2D eigenvalue weighted by Crippen LogP contribution is 2.38. The lowest BCUT2D eigenvalue weighted by Gasteiger charge is -2.30. The van der Waals surface area contributed by atoms with Crippen LogP contribution in [0.15, 0.2) is 70.2 Å². The number of nitrogens with zero attached hydrogens (tertiary/aromatic N) is 1. The van der Waals surface area contributed by atoms with E-state index in [1.165, 1.54) is 47.2 Å². The fourth-order valence-electron chi connectivity index (χ4n) is 3.30. The highest BCUT2D eigenvalue weighted by Gasteiger charge is 2.34. The van der Waals surface area contributed by atoms with Crippen LogP contribution in [-0.4, -0.2) is 17.6 Å². The van der Waals surface area contributed by atoms with Crippen LogP contribution < -0.4 is 10.2 Å². The van der Waals surface area contributed by atoms with E-state index < -0.39 is 11.7 Å². The van der Waals surface area contributed by atoms with Gasteiger partial charge in [0.2, 0.25) is 5.91 Å². The zero-order chi connectivity index (χ0) is 22.0. The maximum absolute atomic E-state index is 13.4. The smallest absolute Gasteiger partial charge is 0.416 e. The summed E-state index contributed by atoms with van der Waals surface area (Å²) in [6, 6.07) is 13.5. The predicted molar refractivity (Wildman–Crippen MR) is 110 cm³/mol. The SMILES string of the molecule is O=C(NCc1ccco1)c1ccc2c(c1)N(Cc1ccccc1C(F)(F)F)C(=O)CS2. The van der Waals surface area contributed by atoms with Gasteiger partial charge in [0.15, 0.2) is 0 Å². The van der Waals surface area contributed by atoms with Gasteiger partial charge < -0.3 is 14.6 Å². The average molecular weight is 446 g/mol. The summed E-state index contributed by atoms with van der Waals surface area (Å²) in [5, 5.41) is 2.72. The standard InChI is InChI=1S/C22H17F3N2O3S/c23-22(24,25)17-6-2-1-4-15(17)12-27-18-10-14(7-8-19(18)31-13-20(27)28)21(29)26-11-16-5-3-9-30-16/h1-10H,11-13H2,(H,26,29). The third-order valence-electron chi connectivity index (χ3n) is 4.82. The number of carbonyl (C=O) groups is 2. The fraction of sp³-hybridized carbons (Fsp3) is 0.182. The highest BCUT2D eigenvalue weighted by molar-refractivity contribution is 8.00. The Hall–Kier alpha value is -3.20. The molecule has 5 nitrogen and oxygen atoms in total. The molecule has 1 aliphatic heterocycles. The number of hydrogen-bond donors (Lipinski definition) is 1. The minimum Gasteiger partial charge on any atom is -0.467 e. The number of alkyl halides is 3. The molecule has 4 rings (SSSR count). The first-order valence-electron chi connectivity index (χ1n) is 9.36. The molecule has 0 atom stereocenters. The van der Waals surface area contributed by atoms with Gasteiger partial charge in [0.25, 0.3) is 5.91 Å². The molecule has 2 heterocycles. The van der Waals surface area contributed by atoms with Gasteiger partial charge in [-0.3, -0.25) is 9.59 Å². The molecule has 9 heteroatoms. The molecule has 0 saturated heterocycles. The minimum atomic E-state index is -4.53. The summed E-state index contributed by atoms with van der Waals surface area (Å²) in [5.41, 5.74) is -0.0672. The van der Waals surface area contributed by atoms with E-state index in [1.807, 2.05) is 0 Å². The maximum Gasteiger partial charge on any atom is 0.416 e. The van der Waals surface area contributed by atoms with Crippen molar-refractivity contribution in [1.29, 1.82) is 0 Å². The van der Waals surface area contributed by atoms with Gasteiger partial charge in [-0.15, -0.1) is 11.8 Å². The third kappa shape index (κ3) is 4.61. The van der Waals surface area contributed by atoms with E-state index in [1.54, 1.807) is 24.3 Å². The zero-order valence-electron chi connectivity index (χ0n) is 16.1. The van der Waals surface area contributed by atoms with Gasteiger partial charge in [0.05, 0.1) is 36.4 Å². The van der Waals surface area contributed by atoms with Crippen molar-refractivity contribution >= 4 is 29.3 Å². The molecule has 2 amide bonds. The number of halogens is 3. The Kier molecular flexibility index (Phi) is 5.77. The van der Waals surface area contributed by atoms with E-state index in [-0.39, 0.29) is 36.2 Å². The van der Waals surface area contributed by atoms with Crippen LogP contribution in [0.3, 0.4) is 0 Å². The lowest BCUT2D eigenvalue weighted by atomic mass is 10.1. The summed E-state index contributed by atoms with van der Waals surface area (Å²) in [6.45, 7) is -0.0428. The van der Waals surface area contributed by atoms with E-state index in [2.05, 4.69) is 5.32 Å². The molecule has 1 N–H and O–H groups in total. The van der Waals surface area contributed by atoms with Crippen molar-refractivity contribution in [3.05, 3.63) is 83.3 Å². The third-order valence-corrected chi connectivity index (χ3v) is 5.87. The van der Waals surface area contributed by atoms with Crippen LogP contribution >= 0.6 is 11.8 Å². The molecule has 1 aromatic heterocycles. The summed E-state index contributed by atoms with van der Waals surface area (Å²) in [6.07, 6.45) is -3.03. The molecule has 0 bridgehead atoms. The molecule has 0 fully saturated rings. The lowest BCUT2D eigenvalue weighted by molar-refractivity contribution is -0.138. The molecule has 2 aromatic carbocycles. The van der Waals surface area contributed by atoms with Crippen LogP contribution in [0.4, 0.5) is 18.9 Å². The van der Waals surface area contributed by atoms with Crippen LogP contribution in [0.1, 0.15) is 27.2 Å². The van der Waals surface area contributed by atoms with E-state index in [9.17, 15) is 22.8 Å². The summed E-state index contributed by atoms with van der Waals surface area (Å²) in [4.78, 5) is 27.2. The number of fused-ring (bicyclic) bond motifs is 1. The summed E-state index contributed by atoms with van der Waals surface area (Å²) in [5.74, 6) is 0.00788. The Morgan fingerprint density at radius 3 is 2.68 bits per heavy atom. The van der Waals surface area contributed by atoms with Crippen LogP contribution in [0.2, 0.25) is 0 Å². The number of carbonyl (C=O) groups excluding carboxylic acids is 2. The largest absolute Gasteiger partial charge is 0.467 e. The second-order valence-electron chi connectivity index (χ2n) is 6.87. The van der Waals surface area contributed by atoms with Crippen molar-refractivity contribution in [2.45, 2.75) is 24.2 Å². The van der Waals surface area contributed by atoms with E-state index in [0.717, 1.165) is 11.0 Å². The van der Waals surface area contributed by atoms with Gasteiger partial charge in [-0.05, 0) is 42.0 Å². The number of rotatable bonds is 5. The predicted octanol–water partition coefficient (Wildman–Crippen LogP) is 4.87. The van der Waals surface area contributed by atoms with Crippen LogP contribution in [0.25, 0.3) is 0 Å². The Morgan fingerprint density at radius 2 is 1.94 bits per heavy atom. The lowest BCUT2D eigenvalue weighted by Crippen LogP contribution is -2.35. The quantitative estimate of drug-likeness (QED) is 0.608. The van der Waals surface area contributed by atoms with Gasteiger partial charge in [-0.1, -0.05) is 18.2 Å². The Labute approximate surface area is 180 Å². The zero-order valence-corrected chi connectivity index (χ0v) is 16.9. The number of thioether (sulfide) groups is 1. The summed E-state index contributed by atoms with van der Waals surface area (Å²) in [7, 11) is 0. The molecule has 3 aromatic rings. The molecule has 0 spiro atoms. The van der Waals surface area contributed by atoms with Crippen molar-refractivity contribution in [3.63, 3.8) is 0 Å². The molecule has 31 heavy (non-hydrogen) atoms. The number of benzene rings is 2. The first kappa shape index (κ1) is 21.0. The van der Waals surface area contributed by atoms with Gasteiger partial charge in [0.1, 0.15) is 5.76 Å². The maximum atomic E-state index is 13.4. The van der Waals surface area contributed by atoms with Gasteiger partial charge >= 0.3 is 6.18 Å². The van der Waals surface area contributed by atoms with Gasteiger partial charge in [0, 0.05) is 10.5 Å². The molecule has 0 aliphatic carbocycles. The first-order valence-corrected chi connectivity index (χ1v) is 10.3. The molecule has 160 valence electrons. The topological polar surface area (TPSA) is 62.6 Å². The van der Waals surface area contributed by atoms with E-state index >= 15 is 0 Å². The van der Waals surface area contributed by atoms with Crippen molar-refractivity contribution in [1.82, 2.24) is 5.32 Å². The molecule has 0 saturated carbocycles. The second kappa shape index (κ2) is 8.50. The van der Waals surface area contributed by atoms with Crippen molar-refractivity contribution in [2.75, 3.05) is 10.7 Å². The summed E-state index contributed by atoms with van der Waals surface area (Å²) < 4.78 is 45.4. The van der Waals surface area contributed by atoms with Crippen LogP contribution in [0, 0.1) is 0 Å². The molecule has 0 radical (unpaired) electrons. The fourth-order valence-corrected chi connectivity index (χ4v) is 4.22. The molecule has 1 aliphatic rings. The van der Waals surface area contributed by atoms with E-state index in [4.69, 9.17) is 4.42 Å². The average Bonchev–Trinajstić information content (AvgIpc) is 3.27. The number of furan rings is 1. The number of anilines is 1.